The highest BCUT2D eigenvalue weighted by atomic mass is 16.5. The lowest BCUT2D eigenvalue weighted by Gasteiger charge is -2.55. The van der Waals surface area contributed by atoms with E-state index in [1.165, 1.54) is 38.5 Å². The lowest BCUT2D eigenvalue weighted by molar-refractivity contribution is -0.144. The fourth-order valence-corrected chi connectivity index (χ4v) is 3.93. The van der Waals surface area contributed by atoms with Gasteiger partial charge in [-0.05, 0) is 62.7 Å². The van der Waals surface area contributed by atoms with E-state index < -0.39 is 0 Å². The largest absolute Gasteiger partial charge is 0.378 e. The molecule has 0 aromatic rings. The van der Waals surface area contributed by atoms with E-state index in [-0.39, 0.29) is 0 Å². The van der Waals surface area contributed by atoms with Crippen molar-refractivity contribution in [2.24, 2.45) is 17.3 Å². The quantitative estimate of drug-likeness (QED) is 0.557. The maximum absolute atomic E-state index is 5.87. The molecule has 4 aliphatic rings. The Bertz CT molecular complexity index is 201. The Balaban J connectivity index is 1.84. The van der Waals surface area contributed by atoms with Gasteiger partial charge >= 0.3 is 0 Å². The van der Waals surface area contributed by atoms with Gasteiger partial charge in [0.2, 0.25) is 0 Å². The van der Waals surface area contributed by atoms with E-state index in [4.69, 9.17) is 4.74 Å². The van der Waals surface area contributed by atoms with Gasteiger partial charge in [-0.25, -0.2) is 0 Å². The Kier molecular flexibility index (Phi) is 1.74. The smallest absolute Gasteiger partial charge is 0.0550 e. The fourth-order valence-electron chi connectivity index (χ4n) is 3.93. The molecule has 2 bridgehead atoms. The van der Waals surface area contributed by atoms with Crippen LogP contribution in [-0.4, -0.2) is 12.7 Å². The molecule has 3 saturated carbocycles. The summed E-state index contributed by atoms with van der Waals surface area (Å²) in [5.41, 5.74) is 0.640. The Morgan fingerprint density at radius 2 is 1.92 bits per heavy atom. The van der Waals surface area contributed by atoms with E-state index in [1.807, 2.05) is 0 Å². The van der Waals surface area contributed by atoms with Crippen molar-refractivity contribution in [3.05, 3.63) is 0 Å². The summed E-state index contributed by atoms with van der Waals surface area (Å²) >= 11 is 0. The summed E-state index contributed by atoms with van der Waals surface area (Å²) in [6, 6.07) is 0. The standard InChI is InChI=1S/C12H20O/c1-9-6-11-7-10-2-4-12(11,5-3-10)8-13-9/h9-11H,2-8H2,1H3/t9-,10?,11-,12?/m1/s1. The molecular formula is C12H20O. The number of ether oxygens (including phenoxy) is 1. The van der Waals surface area contributed by atoms with Crippen molar-refractivity contribution in [2.45, 2.75) is 51.6 Å². The SMILES string of the molecule is C[C@@H]1C[C@@H]2CC3CCC2(CC3)CO1. The van der Waals surface area contributed by atoms with Crippen LogP contribution in [0.4, 0.5) is 0 Å². The Hall–Kier alpha value is -0.0400. The van der Waals surface area contributed by atoms with Crippen LogP contribution in [0.3, 0.4) is 0 Å². The summed E-state index contributed by atoms with van der Waals surface area (Å²) in [5, 5.41) is 0. The van der Waals surface area contributed by atoms with Crippen LogP contribution in [0.25, 0.3) is 0 Å². The molecule has 13 heavy (non-hydrogen) atoms. The first-order valence-electron chi connectivity index (χ1n) is 5.90. The third-order valence-electron chi connectivity index (χ3n) is 4.86. The minimum Gasteiger partial charge on any atom is -0.378 e. The van der Waals surface area contributed by atoms with Crippen LogP contribution >= 0.6 is 0 Å². The van der Waals surface area contributed by atoms with Gasteiger partial charge in [-0.3, -0.25) is 0 Å². The average Bonchev–Trinajstić information content (AvgIpc) is 2.18. The maximum Gasteiger partial charge on any atom is 0.0550 e. The highest BCUT2D eigenvalue weighted by Crippen LogP contribution is 2.57. The van der Waals surface area contributed by atoms with Crippen molar-refractivity contribution in [1.29, 1.82) is 0 Å². The van der Waals surface area contributed by atoms with Crippen molar-refractivity contribution < 1.29 is 4.74 Å². The van der Waals surface area contributed by atoms with Gasteiger partial charge < -0.3 is 4.74 Å². The van der Waals surface area contributed by atoms with Crippen LogP contribution in [0.15, 0.2) is 0 Å². The highest BCUT2D eigenvalue weighted by molar-refractivity contribution is 4.99. The Morgan fingerprint density at radius 1 is 1.15 bits per heavy atom. The van der Waals surface area contributed by atoms with E-state index in [2.05, 4.69) is 6.92 Å². The summed E-state index contributed by atoms with van der Waals surface area (Å²) in [7, 11) is 0. The highest BCUT2D eigenvalue weighted by Gasteiger charge is 2.50. The second-order valence-electron chi connectivity index (χ2n) is 5.60. The first-order chi connectivity index (χ1) is 6.28. The predicted octanol–water partition coefficient (Wildman–Crippen LogP) is 2.99. The molecule has 0 unspecified atom stereocenters. The summed E-state index contributed by atoms with van der Waals surface area (Å²) in [6.45, 7) is 3.32. The van der Waals surface area contributed by atoms with Gasteiger partial charge in [0, 0.05) is 0 Å². The van der Waals surface area contributed by atoms with E-state index >= 15 is 0 Å². The third kappa shape index (κ3) is 1.16. The van der Waals surface area contributed by atoms with Crippen molar-refractivity contribution in [3.63, 3.8) is 0 Å². The van der Waals surface area contributed by atoms with Crippen LogP contribution in [0, 0.1) is 17.3 Å². The topological polar surface area (TPSA) is 9.23 Å². The first-order valence-corrected chi connectivity index (χ1v) is 5.90. The second kappa shape index (κ2) is 2.73. The van der Waals surface area contributed by atoms with Gasteiger partial charge in [-0.15, -0.1) is 0 Å². The van der Waals surface area contributed by atoms with Crippen LogP contribution in [0.2, 0.25) is 0 Å². The molecule has 1 heteroatoms. The molecular weight excluding hydrogens is 160 g/mol. The lowest BCUT2D eigenvalue weighted by atomic mass is 9.53. The van der Waals surface area contributed by atoms with Crippen LogP contribution in [-0.2, 0) is 4.74 Å². The maximum atomic E-state index is 5.87. The summed E-state index contributed by atoms with van der Waals surface area (Å²) < 4.78 is 5.87. The van der Waals surface area contributed by atoms with Gasteiger partial charge in [0.05, 0.1) is 12.7 Å². The zero-order valence-electron chi connectivity index (χ0n) is 8.59. The number of hydrogen-bond donors (Lipinski definition) is 0. The van der Waals surface area contributed by atoms with E-state index in [0.717, 1.165) is 18.4 Å². The number of rotatable bonds is 0. The molecule has 1 spiro atoms. The Labute approximate surface area is 80.8 Å². The third-order valence-corrected chi connectivity index (χ3v) is 4.86. The minimum atomic E-state index is 0.537. The molecule has 1 heterocycles. The van der Waals surface area contributed by atoms with Gasteiger partial charge in [0.15, 0.2) is 0 Å². The molecule has 2 atom stereocenters. The molecule has 0 amide bonds. The molecule has 4 rings (SSSR count). The zero-order valence-corrected chi connectivity index (χ0v) is 8.59. The van der Waals surface area contributed by atoms with Crippen LogP contribution < -0.4 is 0 Å². The lowest BCUT2D eigenvalue weighted by Crippen LogP contribution is -2.49. The van der Waals surface area contributed by atoms with Gasteiger partial charge in [-0.1, -0.05) is 0 Å². The summed E-state index contributed by atoms with van der Waals surface area (Å²) in [4.78, 5) is 0. The van der Waals surface area contributed by atoms with Gasteiger partial charge in [0.1, 0.15) is 0 Å². The molecule has 74 valence electrons. The molecule has 4 fully saturated rings. The zero-order chi connectivity index (χ0) is 8.89. The van der Waals surface area contributed by atoms with E-state index in [0.29, 0.717) is 11.5 Å². The van der Waals surface area contributed by atoms with Crippen molar-refractivity contribution >= 4 is 0 Å². The van der Waals surface area contributed by atoms with Crippen molar-refractivity contribution in [2.75, 3.05) is 6.61 Å². The van der Waals surface area contributed by atoms with Gasteiger partial charge in [-0.2, -0.15) is 0 Å². The molecule has 1 nitrogen and oxygen atoms in total. The normalized spacial score (nSPS) is 54.7. The molecule has 0 aromatic heterocycles. The predicted molar refractivity (Wildman–Crippen MR) is 52.5 cm³/mol. The molecule has 0 aromatic carbocycles. The van der Waals surface area contributed by atoms with E-state index in [1.54, 1.807) is 0 Å². The number of hydrogen-bond acceptors (Lipinski definition) is 1. The Morgan fingerprint density at radius 3 is 2.69 bits per heavy atom. The number of fused-ring (bicyclic) bond motifs is 2. The second-order valence-corrected chi connectivity index (χ2v) is 5.60. The fraction of sp³-hybridized carbons (Fsp3) is 1.00. The van der Waals surface area contributed by atoms with Crippen molar-refractivity contribution in [3.8, 4) is 0 Å². The average molecular weight is 180 g/mol. The molecule has 3 aliphatic carbocycles. The van der Waals surface area contributed by atoms with Crippen LogP contribution in [0.5, 0.6) is 0 Å². The molecule has 1 saturated heterocycles. The van der Waals surface area contributed by atoms with Gasteiger partial charge in [0.25, 0.3) is 0 Å². The monoisotopic (exact) mass is 180 g/mol. The first kappa shape index (κ1) is 8.28. The van der Waals surface area contributed by atoms with Crippen molar-refractivity contribution in [1.82, 2.24) is 0 Å². The molecule has 0 radical (unpaired) electrons. The van der Waals surface area contributed by atoms with E-state index in [9.17, 15) is 0 Å². The minimum absolute atomic E-state index is 0.537. The summed E-state index contributed by atoms with van der Waals surface area (Å²) in [6.07, 6.45) is 9.33. The summed E-state index contributed by atoms with van der Waals surface area (Å²) in [5.74, 6) is 2.10. The van der Waals surface area contributed by atoms with Crippen LogP contribution in [0.1, 0.15) is 45.4 Å². The molecule has 0 N–H and O–H groups in total. The molecule has 1 aliphatic heterocycles.